The van der Waals surface area contributed by atoms with Gasteiger partial charge in [0.25, 0.3) is 0 Å². The monoisotopic (exact) mass is 207 g/mol. The molecule has 0 aliphatic carbocycles. The van der Waals surface area contributed by atoms with Gasteiger partial charge in [0.2, 0.25) is 11.8 Å². The van der Waals surface area contributed by atoms with Crippen LogP contribution in [0.5, 0.6) is 0 Å². The third-order valence-electron chi connectivity index (χ3n) is 3.95. The molecule has 15 heavy (non-hydrogen) atoms. The Bertz CT molecular complexity index is 380. The molecular weight excluding hydrogens is 194 g/mol. The summed E-state index contributed by atoms with van der Waals surface area (Å²) in [6, 6.07) is 0. The Kier molecular flexibility index (Phi) is 1.31. The second-order valence-corrected chi connectivity index (χ2v) is 4.99. The minimum atomic E-state index is -0.586. The minimum Gasteiger partial charge on any atom is -0.359 e. The van der Waals surface area contributed by atoms with Crippen molar-refractivity contribution in [1.82, 2.24) is 4.90 Å². The Labute approximate surface area is 87.9 Å². The van der Waals surface area contributed by atoms with Crippen molar-refractivity contribution in [2.24, 2.45) is 11.8 Å². The number of imide groups is 1. The van der Waals surface area contributed by atoms with Crippen LogP contribution in [-0.4, -0.2) is 35.0 Å². The van der Waals surface area contributed by atoms with Gasteiger partial charge >= 0.3 is 0 Å². The van der Waals surface area contributed by atoms with Crippen LogP contribution in [0.25, 0.3) is 0 Å². The van der Waals surface area contributed by atoms with Crippen LogP contribution in [0.2, 0.25) is 0 Å². The van der Waals surface area contributed by atoms with E-state index in [9.17, 15) is 9.59 Å². The van der Waals surface area contributed by atoms with E-state index in [0.717, 1.165) is 0 Å². The maximum Gasteiger partial charge on any atom is 0.236 e. The van der Waals surface area contributed by atoms with E-state index in [1.54, 1.807) is 7.05 Å². The van der Waals surface area contributed by atoms with Gasteiger partial charge in [-0.25, -0.2) is 0 Å². The maximum atomic E-state index is 11.9. The number of hydrogen-bond donors (Lipinski definition) is 0. The van der Waals surface area contributed by atoms with Gasteiger partial charge in [0.15, 0.2) is 0 Å². The van der Waals surface area contributed by atoms with Crippen molar-refractivity contribution in [2.75, 3.05) is 7.05 Å². The second kappa shape index (κ2) is 2.16. The smallest absolute Gasteiger partial charge is 0.236 e. The van der Waals surface area contributed by atoms with Gasteiger partial charge in [-0.05, 0) is 13.8 Å². The quantitative estimate of drug-likeness (QED) is 0.425. The number of fused-ring (bicyclic) bond motifs is 5. The first-order valence-corrected chi connectivity index (χ1v) is 5.11. The zero-order valence-corrected chi connectivity index (χ0v) is 8.98. The van der Waals surface area contributed by atoms with Crippen LogP contribution in [0.15, 0.2) is 12.2 Å². The zero-order valence-electron chi connectivity index (χ0n) is 8.98. The molecule has 0 radical (unpaired) electrons. The molecule has 0 saturated carbocycles. The van der Waals surface area contributed by atoms with Crippen LogP contribution in [0.1, 0.15) is 13.8 Å². The lowest BCUT2D eigenvalue weighted by Gasteiger charge is -2.23. The molecule has 3 aliphatic heterocycles. The van der Waals surface area contributed by atoms with Crippen LogP contribution in [0.3, 0.4) is 0 Å². The molecule has 3 aliphatic rings. The molecule has 3 heterocycles. The molecule has 4 nitrogen and oxygen atoms in total. The first-order valence-electron chi connectivity index (χ1n) is 5.11. The summed E-state index contributed by atoms with van der Waals surface area (Å²) in [6.07, 6.45) is 3.83. The number of likely N-dealkylation sites (tertiary alicyclic amines) is 1. The fourth-order valence-corrected chi connectivity index (χ4v) is 3.17. The summed E-state index contributed by atoms with van der Waals surface area (Å²) in [5, 5.41) is 0. The van der Waals surface area contributed by atoms with Gasteiger partial charge in [-0.3, -0.25) is 14.5 Å². The SMILES string of the molecule is CN1C(=O)[C@H]2[C@H](C1=O)[C@@]1(C)C=C[C@@]2(C)O1. The van der Waals surface area contributed by atoms with Crippen molar-refractivity contribution in [2.45, 2.75) is 25.0 Å². The highest BCUT2D eigenvalue weighted by atomic mass is 16.5. The first-order chi connectivity index (χ1) is 6.89. The molecule has 2 amide bonds. The van der Waals surface area contributed by atoms with E-state index in [4.69, 9.17) is 4.74 Å². The van der Waals surface area contributed by atoms with E-state index in [2.05, 4.69) is 0 Å². The highest BCUT2D eigenvalue weighted by Gasteiger charge is 2.69. The van der Waals surface area contributed by atoms with Gasteiger partial charge < -0.3 is 4.74 Å². The molecule has 0 N–H and O–H groups in total. The van der Waals surface area contributed by atoms with Gasteiger partial charge in [-0.1, -0.05) is 12.2 Å². The van der Waals surface area contributed by atoms with Gasteiger partial charge in [0.05, 0.1) is 23.0 Å². The molecule has 4 atom stereocenters. The van der Waals surface area contributed by atoms with Gasteiger partial charge in [-0.15, -0.1) is 0 Å². The topological polar surface area (TPSA) is 46.6 Å². The van der Waals surface area contributed by atoms with Crippen molar-refractivity contribution in [1.29, 1.82) is 0 Å². The molecule has 0 aromatic carbocycles. The van der Waals surface area contributed by atoms with E-state index < -0.39 is 11.2 Å². The molecule has 0 unspecified atom stereocenters. The second-order valence-electron chi connectivity index (χ2n) is 4.99. The molecule has 2 saturated heterocycles. The van der Waals surface area contributed by atoms with E-state index in [1.807, 2.05) is 26.0 Å². The van der Waals surface area contributed by atoms with Crippen molar-refractivity contribution in [3.8, 4) is 0 Å². The van der Waals surface area contributed by atoms with E-state index in [0.29, 0.717) is 0 Å². The largest absolute Gasteiger partial charge is 0.359 e. The molecule has 80 valence electrons. The lowest BCUT2D eigenvalue weighted by atomic mass is 9.73. The Balaban J connectivity index is 2.18. The number of amides is 2. The summed E-state index contributed by atoms with van der Waals surface area (Å²) < 4.78 is 5.82. The highest BCUT2D eigenvalue weighted by molar-refractivity contribution is 6.07. The lowest BCUT2D eigenvalue weighted by molar-refractivity contribution is -0.144. The molecule has 2 bridgehead atoms. The third kappa shape index (κ3) is 0.785. The molecule has 3 rings (SSSR count). The van der Waals surface area contributed by atoms with Crippen LogP contribution < -0.4 is 0 Å². The molecular formula is C11H13NO3. The minimum absolute atomic E-state index is 0.111. The fourth-order valence-electron chi connectivity index (χ4n) is 3.17. The van der Waals surface area contributed by atoms with Crippen LogP contribution >= 0.6 is 0 Å². The first kappa shape index (κ1) is 9.09. The fraction of sp³-hybridized carbons (Fsp3) is 0.636. The number of carbonyl (C=O) groups is 2. The number of carbonyl (C=O) groups excluding carboxylic acids is 2. The number of hydrogen-bond acceptors (Lipinski definition) is 3. The molecule has 4 heteroatoms. The number of nitrogens with zero attached hydrogens (tertiary/aromatic N) is 1. The highest BCUT2D eigenvalue weighted by Crippen LogP contribution is 2.56. The van der Waals surface area contributed by atoms with Crippen LogP contribution in [0, 0.1) is 11.8 Å². The van der Waals surface area contributed by atoms with Gasteiger partial charge in [0, 0.05) is 7.05 Å². The van der Waals surface area contributed by atoms with Crippen LogP contribution in [-0.2, 0) is 14.3 Å². The summed E-state index contributed by atoms with van der Waals surface area (Å²) in [6.45, 7) is 3.76. The van der Waals surface area contributed by atoms with Crippen molar-refractivity contribution >= 4 is 11.8 Å². The van der Waals surface area contributed by atoms with Crippen molar-refractivity contribution in [3.05, 3.63) is 12.2 Å². The Morgan fingerprint density at radius 3 is 1.93 bits per heavy atom. The predicted octanol–water partition coefficient (Wildman–Crippen LogP) is 0.335. The summed E-state index contributed by atoms with van der Waals surface area (Å²) >= 11 is 0. The number of rotatable bonds is 0. The molecule has 0 aromatic heterocycles. The van der Waals surface area contributed by atoms with Crippen molar-refractivity contribution in [3.63, 3.8) is 0 Å². The van der Waals surface area contributed by atoms with Crippen molar-refractivity contribution < 1.29 is 14.3 Å². The Morgan fingerprint density at radius 2 is 1.53 bits per heavy atom. The standard InChI is InChI=1S/C11H13NO3/c1-10-4-5-11(2,15-10)7-6(10)8(13)12(3)9(7)14/h4-7H,1-3H3/t6-,7-,10-,11-/m1/s1. The normalized spacial score (nSPS) is 51.8. The van der Waals surface area contributed by atoms with Crippen LogP contribution in [0.4, 0.5) is 0 Å². The summed E-state index contributed by atoms with van der Waals surface area (Å²) in [4.78, 5) is 25.1. The maximum absolute atomic E-state index is 11.9. The summed E-state index contributed by atoms with van der Waals surface area (Å²) in [5.41, 5.74) is -1.17. The van der Waals surface area contributed by atoms with E-state index in [1.165, 1.54) is 4.90 Å². The Hall–Kier alpha value is -1.16. The predicted molar refractivity (Wildman–Crippen MR) is 51.8 cm³/mol. The Morgan fingerprint density at radius 1 is 1.13 bits per heavy atom. The average molecular weight is 207 g/mol. The lowest BCUT2D eigenvalue weighted by Crippen LogP contribution is -2.37. The van der Waals surface area contributed by atoms with E-state index in [-0.39, 0.29) is 23.7 Å². The molecule has 0 spiro atoms. The van der Waals surface area contributed by atoms with Gasteiger partial charge in [-0.2, -0.15) is 0 Å². The zero-order chi connectivity index (χ0) is 11.0. The van der Waals surface area contributed by atoms with Gasteiger partial charge in [0.1, 0.15) is 0 Å². The summed E-state index contributed by atoms with van der Waals surface area (Å²) in [7, 11) is 1.55. The van der Waals surface area contributed by atoms with E-state index >= 15 is 0 Å². The summed E-state index contributed by atoms with van der Waals surface area (Å²) in [5.74, 6) is -0.879. The third-order valence-corrected chi connectivity index (χ3v) is 3.95. The number of ether oxygens (including phenoxy) is 1. The molecule has 0 aromatic rings. The molecule has 2 fully saturated rings. The average Bonchev–Trinajstić information content (AvgIpc) is 2.67.